The van der Waals surface area contributed by atoms with Crippen molar-refractivity contribution >= 4 is 0 Å². The fourth-order valence-electron chi connectivity index (χ4n) is 3.28. The van der Waals surface area contributed by atoms with Gasteiger partial charge in [0.05, 0.1) is 7.11 Å². The topological polar surface area (TPSA) is 41.7 Å². The first kappa shape index (κ1) is 16.3. The van der Waals surface area contributed by atoms with Gasteiger partial charge < -0.3 is 15.4 Å². The summed E-state index contributed by atoms with van der Waals surface area (Å²) < 4.78 is 5.47. The van der Waals surface area contributed by atoms with E-state index in [1.54, 1.807) is 7.11 Å². The van der Waals surface area contributed by atoms with Crippen LogP contribution < -0.4 is 10.5 Å². The molecule has 0 atom stereocenters. The van der Waals surface area contributed by atoms with Crippen LogP contribution in [0.1, 0.15) is 25.3 Å². The molecule has 1 saturated heterocycles. The number of rotatable bonds is 6. The molecule has 1 aliphatic heterocycles. The molecule has 1 aliphatic rings. The molecule has 2 N–H and O–H groups in total. The average molecular weight is 291 g/mol. The Morgan fingerprint density at radius 2 is 1.95 bits per heavy atom. The van der Waals surface area contributed by atoms with Crippen LogP contribution in [-0.2, 0) is 6.54 Å². The number of nitrogens with two attached hydrogens (primary N) is 1. The van der Waals surface area contributed by atoms with Crippen molar-refractivity contribution in [3.8, 4) is 5.75 Å². The molecule has 1 heterocycles. The lowest BCUT2D eigenvalue weighted by atomic mass is 9.85. The highest BCUT2D eigenvalue weighted by atomic mass is 16.5. The Bertz CT molecular complexity index is 441. The van der Waals surface area contributed by atoms with Crippen molar-refractivity contribution in [2.45, 2.75) is 31.8 Å². The van der Waals surface area contributed by atoms with E-state index in [-0.39, 0.29) is 5.54 Å². The van der Waals surface area contributed by atoms with Crippen molar-refractivity contribution < 1.29 is 4.74 Å². The zero-order valence-electron chi connectivity index (χ0n) is 13.6. The molecule has 1 aromatic rings. The number of likely N-dealkylation sites (N-methyl/N-ethyl adjacent to an activating group) is 1. The van der Waals surface area contributed by atoms with Gasteiger partial charge in [0.15, 0.2) is 0 Å². The van der Waals surface area contributed by atoms with E-state index in [9.17, 15) is 0 Å². The fourth-order valence-corrected chi connectivity index (χ4v) is 3.28. The van der Waals surface area contributed by atoms with Crippen LogP contribution in [0.15, 0.2) is 24.3 Å². The third-order valence-corrected chi connectivity index (χ3v) is 5.02. The SMILES string of the molecule is CCN1CCC(CN)(N(C)Cc2ccccc2OC)CC1. The van der Waals surface area contributed by atoms with Gasteiger partial charge in [-0.2, -0.15) is 0 Å². The second-order valence-electron chi connectivity index (χ2n) is 6.03. The van der Waals surface area contributed by atoms with Crippen molar-refractivity contribution in [3.05, 3.63) is 29.8 Å². The number of hydrogen-bond acceptors (Lipinski definition) is 4. The van der Waals surface area contributed by atoms with Crippen molar-refractivity contribution in [3.63, 3.8) is 0 Å². The van der Waals surface area contributed by atoms with Crippen LogP contribution in [0.5, 0.6) is 5.75 Å². The summed E-state index contributed by atoms with van der Waals surface area (Å²) in [6.07, 6.45) is 2.28. The van der Waals surface area contributed by atoms with E-state index in [1.807, 2.05) is 12.1 Å². The summed E-state index contributed by atoms with van der Waals surface area (Å²) in [5.41, 5.74) is 7.51. The Morgan fingerprint density at radius 1 is 1.29 bits per heavy atom. The fraction of sp³-hybridized carbons (Fsp3) is 0.647. The van der Waals surface area contributed by atoms with E-state index < -0.39 is 0 Å². The third-order valence-electron chi connectivity index (χ3n) is 5.02. The number of para-hydroxylation sites is 1. The van der Waals surface area contributed by atoms with Gasteiger partial charge in [0.1, 0.15) is 5.75 Å². The van der Waals surface area contributed by atoms with E-state index in [1.165, 1.54) is 5.56 Å². The molecule has 1 aromatic carbocycles. The standard InChI is InChI=1S/C17H29N3O/c1-4-20-11-9-17(14-18,10-12-20)19(2)13-15-7-5-6-8-16(15)21-3/h5-8H,4,9-14,18H2,1-3H3. The summed E-state index contributed by atoms with van der Waals surface area (Å²) in [6.45, 7) is 7.25. The highest BCUT2D eigenvalue weighted by Crippen LogP contribution is 2.30. The van der Waals surface area contributed by atoms with Gasteiger partial charge in [0, 0.05) is 24.2 Å². The van der Waals surface area contributed by atoms with Crippen LogP contribution in [0.25, 0.3) is 0 Å². The maximum atomic E-state index is 6.16. The molecule has 4 nitrogen and oxygen atoms in total. The van der Waals surface area contributed by atoms with E-state index in [2.05, 4.69) is 35.9 Å². The minimum absolute atomic E-state index is 0.118. The second-order valence-corrected chi connectivity index (χ2v) is 6.03. The molecule has 2 rings (SSSR count). The van der Waals surface area contributed by atoms with Crippen molar-refractivity contribution in [2.24, 2.45) is 5.73 Å². The van der Waals surface area contributed by atoms with Gasteiger partial charge in [0.25, 0.3) is 0 Å². The molecule has 0 radical (unpaired) electrons. The van der Waals surface area contributed by atoms with Crippen LogP contribution in [0.3, 0.4) is 0 Å². The lowest BCUT2D eigenvalue weighted by Crippen LogP contribution is -2.57. The number of hydrogen-bond donors (Lipinski definition) is 1. The molecule has 0 aromatic heterocycles. The number of nitrogens with zero attached hydrogens (tertiary/aromatic N) is 2. The predicted molar refractivity (Wildman–Crippen MR) is 87.6 cm³/mol. The van der Waals surface area contributed by atoms with Crippen LogP contribution in [0.4, 0.5) is 0 Å². The number of benzene rings is 1. The Hall–Kier alpha value is -1.10. The minimum Gasteiger partial charge on any atom is -0.496 e. The maximum Gasteiger partial charge on any atom is 0.123 e. The van der Waals surface area contributed by atoms with E-state index in [4.69, 9.17) is 10.5 Å². The summed E-state index contributed by atoms with van der Waals surface area (Å²) >= 11 is 0. The van der Waals surface area contributed by atoms with E-state index >= 15 is 0 Å². The number of likely N-dealkylation sites (tertiary alicyclic amines) is 1. The summed E-state index contributed by atoms with van der Waals surface area (Å²) in [5.74, 6) is 0.961. The highest BCUT2D eigenvalue weighted by molar-refractivity contribution is 5.33. The number of methoxy groups -OCH3 is 1. The van der Waals surface area contributed by atoms with Crippen molar-refractivity contribution in [2.75, 3.05) is 40.3 Å². The molecule has 4 heteroatoms. The molecular weight excluding hydrogens is 262 g/mol. The summed E-state index contributed by atoms with van der Waals surface area (Å²) in [5, 5.41) is 0. The predicted octanol–water partition coefficient (Wildman–Crippen LogP) is 1.94. The molecule has 0 saturated carbocycles. The van der Waals surface area contributed by atoms with Gasteiger partial charge in [-0.05, 0) is 45.6 Å². The molecule has 118 valence electrons. The lowest BCUT2D eigenvalue weighted by Gasteiger charge is -2.47. The first-order chi connectivity index (χ1) is 10.1. The van der Waals surface area contributed by atoms with Gasteiger partial charge in [0.2, 0.25) is 0 Å². The Kier molecular flexibility index (Phi) is 5.62. The first-order valence-corrected chi connectivity index (χ1v) is 7.91. The molecular formula is C17H29N3O. The third kappa shape index (κ3) is 3.57. The molecule has 0 unspecified atom stereocenters. The first-order valence-electron chi connectivity index (χ1n) is 7.91. The van der Waals surface area contributed by atoms with E-state index in [0.717, 1.165) is 51.3 Å². The molecule has 1 fully saturated rings. The lowest BCUT2D eigenvalue weighted by molar-refractivity contribution is 0.0414. The smallest absolute Gasteiger partial charge is 0.123 e. The zero-order chi connectivity index (χ0) is 15.3. The molecule has 0 amide bonds. The zero-order valence-corrected chi connectivity index (χ0v) is 13.6. The summed E-state index contributed by atoms with van der Waals surface area (Å²) in [7, 11) is 3.93. The quantitative estimate of drug-likeness (QED) is 0.870. The molecule has 0 aliphatic carbocycles. The normalized spacial score (nSPS) is 18.9. The molecule has 21 heavy (non-hydrogen) atoms. The summed E-state index contributed by atoms with van der Waals surface area (Å²) in [6, 6.07) is 8.25. The minimum atomic E-state index is 0.118. The average Bonchev–Trinajstić information content (AvgIpc) is 2.55. The molecule has 0 spiro atoms. The van der Waals surface area contributed by atoms with Gasteiger partial charge >= 0.3 is 0 Å². The Morgan fingerprint density at radius 3 is 2.52 bits per heavy atom. The Labute approximate surface area is 128 Å². The van der Waals surface area contributed by atoms with Crippen LogP contribution in [-0.4, -0.2) is 55.7 Å². The Balaban J connectivity index is 2.08. The summed E-state index contributed by atoms with van der Waals surface area (Å²) in [4.78, 5) is 4.93. The molecule has 0 bridgehead atoms. The number of piperidine rings is 1. The van der Waals surface area contributed by atoms with Crippen LogP contribution in [0, 0.1) is 0 Å². The van der Waals surface area contributed by atoms with Crippen LogP contribution >= 0.6 is 0 Å². The van der Waals surface area contributed by atoms with E-state index in [0.29, 0.717) is 0 Å². The highest BCUT2D eigenvalue weighted by Gasteiger charge is 2.36. The van der Waals surface area contributed by atoms with Gasteiger partial charge in [-0.1, -0.05) is 25.1 Å². The van der Waals surface area contributed by atoms with Gasteiger partial charge in [-0.25, -0.2) is 0 Å². The van der Waals surface area contributed by atoms with Gasteiger partial charge in [-0.15, -0.1) is 0 Å². The monoisotopic (exact) mass is 291 g/mol. The van der Waals surface area contributed by atoms with Crippen LogP contribution in [0.2, 0.25) is 0 Å². The van der Waals surface area contributed by atoms with Crippen molar-refractivity contribution in [1.29, 1.82) is 0 Å². The van der Waals surface area contributed by atoms with Crippen molar-refractivity contribution in [1.82, 2.24) is 9.80 Å². The number of ether oxygens (including phenoxy) is 1. The second kappa shape index (κ2) is 7.25. The maximum absolute atomic E-state index is 6.16. The largest absolute Gasteiger partial charge is 0.496 e. The van der Waals surface area contributed by atoms with Gasteiger partial charge in [-0.3, -0.25) is 4.90 Å².